The molecule has 2 N–H and O–H groups in total. The summed E-state index contributed by atoms with van der Waals surface area (Å²) in [6.45, 7) is 0. The van der Waals surface area contributed by atoms with Gasteiger partial charge in [-0.05, 0) is 0 Å². The highest BCUT2D eigenvalue weighted by atomic mass is 17.5. The van der Waals surface area contributed by atoms with Gasteiger partial charge in [0.15, 0.2) is 0 Å². The van der Waals surface area contributed by atoms with E-state index in [9.17, 15) is 10.4 Å². The molecule has 0 saturated carbocycles. The molecule has 6 nitrogen and oxygen atoms in total. The number of rotatable bonds is 0. The lowest BCUT2D eigenvalue weighted by Gasteiger charge is -2.26. The first kappa shape index (κ1) is 3.93. The van der Waals surface area contributed by atoms with Crippen LogP contribution in [0.5, 0.6) is 0 Å². The summed E-state index contributed by atoms with van der Waals surface area (Å²) in [6, 6.07) is 0. The zero-order chi connectivity index (χ0) is 4.57. The highest BCUT2D eigenvalue weighted by molar-refractivity contribution is 3.80. The number of hydrogen-bond acceptors (Lipinski definition) is 4. The first-order valence-corrected chi connectivity index (χ1v) is 1.22. The van der Waals surface area contributed by atoms with Gasteiger partial charge >= 0.3 is 0 Å². The molecule has 6 heavy (non-hydrogen) atoms. The fraction of sp³-hybridized carbons (Fsp3) is 0. The predicted octanol–water partition coefficient (Wildman–Crippen LogP) is -3.54. The summed E-state index contributed by atoms with van der Waals surface area (Å²) in [5, 5.41) is 17.1. The Morgan fingerprint density at radius 1 is 1.00 bits per heavy atom. The van der Waals surface area contributed by atoms with Gasteiger partial charge in [-0.1, -0.05) is 0 Å². The normalized spacial score (nSPS) is 45.0. The number of nitrogens with one attached hydrogen (secondary N) is 2. The van der Waals surface area contributed by atoms with Crippen molar-refractivity contribution >= 4 is 0 Å². The SMILES string of the molecule is [O-][NH+]1O[NH+]([O-])O1. The van der Waals surface area contributed by atoms with Crippen LogP contribution in [0.3, 0.4) is 0 Å². The fourth-order valence-electron chi connectivity index (χ4n) is 0.144. The highest BCUT2D eigenvalue weighted by Gasteiger charge is 2.24. The molecule has 0 aliphatic carbocycles. The van der Waals surface area contributed by atoms with Crippen LogP contribution in [0.1, 0.15) is 0 Å². The maximum absolute atomic E-state index is 9.44. The minimum Gasteiger partial charge on any atom is -0.556 e. The van der Waals surface area contributed by atoms with Crippen molar-refractivity contribution in [1.82, 2.24) is 0 Å². The van der Waals surface area contributed by atoms with E-state index < -0.39 is 10.8 Å². The van der Waals surface area contributed by atoms with E-state index >= 15 is 0 Å². The number of hydrogen-bond donors (Lipinski definition) is 2. The van der Waals surface area contributed by atoms with Gasteiger partial charge in [-0.3, -0.25) is 0 Å². The van der Waals surface area contributed by atoms with Crippen molar-refractivity contribution < 1.29 is 20.7 Å². The third-order valence-corrected chi connectivity index (χ3v) is 0.333. The Bertz CT molecular complexity index is 41.5. The average Bonchev–Trinajstić information content (AvgIpc) is 1.33. The van der Waals surface area contributed by atoms with Gasteiger partial charge in [0.25, 0.3) is 0 Å². The molecule has 0 aromatic rings. The summed E-state index contributed by atoms with van der Waals surface area (Å²) in [4.78, 5) is 7.28. The molecule has 0 amide bonds. The molecule has 0 unspecified atom stereocenters. The minimum absolute atomic E-state index is 0.917. The quantitative estimate of drug-likeness (QED) is 0.305. The van der Waals surface area contributed by atoms with Crippen LogP contribution < -0.4 is 10.8 Å². The van der Waals surface area contributed by atoms with E-state index in [1.807, 2.05) is 0 Å². The lowest BCUT2D eigenvalue weighted by molar-refractivity contribution is -1.66. The minimum atomic E-state index is -0.917. The second-order valence-corrected chi connectivity index (χ2v) is 0.704. The Labute approximate surface area is 32.4 Å². The summed E-state index contributed by atoms with van der Waals surface area (Å²) >= 11 is 0. The summed E-state index contributed by atoms with van der Waals surface area (Å²) in [5.41, 5.74) is 0. The molecule has 1 aliphatic rings. The summed E-state index contributed by atoms with van der Waals surface area (Å²) in [7, 11) is 0. The molecule has 1 saturated heterocycles. The van der Waals surface area contributed by atoms with Crippen LogP contribution in [0.4, 0.5) is 0 Å². The Morgan fingerprint density at radius 3 is 1.33 bits per heavy atom. The Morgan fingerprint density at radius 2 is 1.33 bits per heavy atom. The van der Waals surface area contributed by atoms with Crippen molar-refractivity contribution in [1.29, 1.82) is 0 Å². The lowest BCUT2D eigenvalue weighted by Crippen LogP contribution is -3.43. The predicted molar refractivity (Wildman–Crippen MR) is 10.8 cm³/mol. The number of quaternary nitrogens is 2. The largest absolute Gasteiger partial charge is 0.556 e. The standard InChI is InChI=1S/H2N2O4/c3-1-5-2(4)6-1/h1-2H. The molecule has 1 fully saturated rings. The second kappa shape index (κ2) is 1.12. The van der Waals surface area contributed by atoms with Gasteiger partial charge in [0.2, 0.25) is 0 Å². The third kappa shape index (κ3) is 0.476. The van der Waals surface area contributed by atoms with Crippen molar-refractivity contribution in [2.75, 3.05) is 0 Å². The molecule has 0 atom stereocenters. The zero-order valence-electron chi connectivity index (χ0n) is 2.63. The van der Waals surface area contributed by atoms with E-state index in [-0.39, 0.29) is 0 Å². The van der Waals surface area contributed by atoms with Crippen molar-refractivity contribution in [2.24, 2.45) is 0 Å². The monoisotopic (exact) mass is 94.0 g/mol. The Hall–Kier alpha value is -0.240. The Balaban J connectivity index is 2.11. The summed E-state index contributed by atoms with van der Waals surface area (Å²) in [6.07, 6.45) is 0. The summed E-state index contributed by atoms with van der Waals surface area (Å²) < 4.78 is 0. The lowest BCUT2D eigenvalue weighted by atomic mass is 12.6. The van der Waals surface area contributed by atoms with Crippen LogP contribution >= 0.6 is 0 Å². The molecule has 0 spiro atoms. The fourth-order valence-corrected chi connectivity index (χ4v) is 0.144. The molecule has 6 heteroatoms. The molecule has 0 bridgehead atoms. The van der Waals surface area contributed by atoms with Crippen molar-refractivity contribution in [3.63, 3.8) is 0 Å². The van der Waals surface area contributed by atoms with Crippen molar-refractivity contribution in [2.45, 2.75) is 0 Å². The third-order valence-electron chi connectivity index (χ3n) is 0.333. The first-order valence-electron chi connectivity index (χ1n) is 1.22. The van der Waals surface area contributed by atoms with Crippen molar-refractivity contribution in [3.05, 3.63) is 10.4 Å². The van der Waals surface area contributed by atoms with Gasteiger partial charge in [-0.15, -0.1) is 0 Å². The molecule has 36 valence electrons. The van der Waals surface area contributed by atoms with Gasteiger partial charge in [-0.25, -0.2) is 0 Å². The molecule has 1 rings (SSSR count). The molecular weight excluding hydrogens is 92.0 g/mol. The van der Waals surface area contributed by atoms with Crippen LogP contribution in [-0.2, 0) is 9.88 Å². The molecule has 1 heterocycles. The molecular formula is H2N2O4. The zero-order valence-corrected chi connectivity index (χ0v) is 2.63. The summed E-state index contributed by atoms with van der Waals surface area (Å²) in [5.74, 6) is 0. The maximum Gasteiger partial charge on any atom is 0.0733 e. The first-order chi connectivity index (χ1) is 2.79. The topological polar surface area (TPSA) is 73.5 Å². The van der Waals surface area contributed by atoms with Gasteiger partial charge in [0.1, 0.15) is 0 Å². The van der Waals surface area contributed by atoms with E-state index in [4.69, 9.17) is 0 Å². The van der Waals surface area contributed by atoms with Crippen molar-refractivity contribution in [3.8, 4) is 0 Å². The van der Waals surface area contributed by atoms with Crippen LogP contribution in [0, 0.1) is 10.4 Å². The van der Waals surface area contributed by atoms with Crippen LogP contribution in [-0.4, -0.2) is 0 Å². The smallest absolute Gasteiger partial charge is 0.0733 e. The van der Waals surface area contributed by atoms with Gasteiger partial charge in [0.05, 0.1) is 9.88 Å². The molecule has 0 aromatic carbocycles. The van der Waals surface area contributed by atoms with Gasteiger partial charge in [0, 0.05) is 10.8 Å². The molecule has 0 radical (unpaired) electrons. The van der Waals surface area contributed by atoms with Gasteiger partial charge in [-0.2, -0.15) is 0 Å². The van der Waals surface area contributed by atoms with Gasteiger partial charge < -0.3 is 10.4 Å². The van der Waals surface area contributed by atoms with E-state index in [1.165, 1.54) is 0 Å². The van der Waals surface area contributed by atoms with E-state index in [1.54, 1.807) is 0 Å². The van der Waals surface area contributed by atoms with Crippen LogP contribution in [0.2, 0.25) is 0 Å². The maximum atomic E-state index is 9.44. The van der Waals surface area contributed by atoms with Crippen LogP contribution in [0.15, 0.2) is 0 Å². The molecule has 1 aliphatic heterocycles. The average molecular weight is 94.0 g/mol. The second-order valence-electron chi connectivity index (χ2n) is 0.704. The molecule has 0 aromatic heterocycles. The highest BCUT2D eigenvalue weighted by Crippen LogP contribution is 1.43. The van der Waals surface area contributed by atoms with E-state index in [0.717, 1.165) is 0 Å². The van der Waals surface area contributed by atoms with E-state index in [0.29, 0.717) is 0 Å². The van der Waals surface area contributed by atoms with E-state index in [2.05, 4.69) is 9.88 Å². The Kier molecular flexibility index (Phi) is 0.733. The van der Waals surface area contributed by atoms with Crippen LogP contribution in [0.25, 0.3) is 0 Å².